The lowest BCUT2D eigenvalue weighted by atomic mass is 9.89. The Morgan fingerprint density at radius 2 is 1.90 bits per heavy atom. The third-order valence-electron chi connectivity index (χ3n) is 5.05. The number of halogens is 5. The van der Waals surface area contributed by atoms with Crippen LogP contribution in [0, 0.1) is 11.6 Å². The average Bonchev–Trinajstić information content (AvgIpc) is 3.44. The van der Waals surface area contributed by atoms with Gasteiger partial charge in [-0.05, 0) is 36.4 Å². The molecule has 4 nitrogen and oxygen atoms in total. The highest BCUT2D eigenvalue weighted by atomic mass is 35.5. The number of fused-ring (bicyclic) bond motifs is 1. The van der Waals surface area contributed by atoms with E-state index in [4.69, 9.17) is 16.3 Å². The minimum atomic E-state index is -3.54. The van der Waals surface area contributed by atoms with Crippen molar-refractivity contribution in [1.29, 1.82) is 0 Å². The van der Waals surface area contributed by atoms with E-state index in [9.17, 15) is 8.78 Å². The largest absolute Gasteiger partial charge is 0.429 e. The van der Waals surface area contributed by atoms with Crippen molar-refractivity contribution in [2.45, 2.75) is 11.5 Å². The van der Waals surface area contributed by atoms with Crippen molar-refractivity contribution in [3.63, 3.8) is 0 Å². The molecular weight excluding hydrogens is 454 g/mol. The number of thiazole rings is 1. The topological polar surface area (TPSA) is 57.0 Å². The highest BCUT2D eigenvalue weighted by Crippen LogP contribution is 2.51. The van der Waals surface area contributed by atoms with Crippen molar-refractivity contribution < 1.29 is 22.3 Å². The lowest BCUT2D eigenvalue weighted by Gasteiger charge is -2.25. The van der Waals surface area contributed by atoms with Gasteiger partial charge in [-0.15, -0.1) is 0 Å². The van der Waals surface area contributed by atoms with Gasteiger partial charge in [0.2, 0.25) is 0 Å². The van der Waals surface area contributed by atoms with Gasteiger partial charge in [0.1, 0.15) is 28.6 Å². The summed E-state index contributed by atoms with van der Waals surface area (Å²) in [7, 11) is 0. The smallest absolute Gasteiger partial charge is 0.312 e. The van der Waals surface area contributed by atoms with Crippen LogP contribution in [0.15, 0.2) is 54.7 Å². The van der Waals surface area contributed by atoms with Crippen LogP contribution < -0.4 is 10.1 Å². The summed E-state index contributed by atoms with van der Waals surface area (Å²) >= 11 is 7.22. The summed E-state index contributed by atoms with van der Waals surface area (Å²) in [5, 5.41) is 3.39. The lowest BCUT2D eigenvalue weighted by molar-refractivity contribution is -0.0532. The van der Waals surface area contributed by atoms with Gasteiger partial charge in [0, 0.05) is 23.2 Å². The second-order valence-electron chi connectivity index (χ2n) is 7.03. The van der Waals surface area contributed by atoms with Crippen molar-refractivity contribution in [3.8, 4) is 10.9 Å². The highest BCUT2D eigenvalue weighted by molar-refractivity contribution is 7.20. The first-order valence-corrected chi connectivity index (χ1v) is 10.3. The van der Waals surface area contributed by atoms with Crippen LogP contribution >= 0.6 is 22.9 Å². The van der Waals surface area contributed by atoms with Crippen molar-refractivity contribution in [2.24, 2.45) is 0 Å². The Bertz CT molecular complexity index is 1290. The van der Waals surface area contributed by atoms with E-state index >= 15 is 8.78 Å². The van der Waals surface area contributed by atoms with Gasteiger partial charge in [-0.25, -0.2) is 13.8 Å². The minimum absolute atomic E-state index is 0.170. The quantitative estimate of drug-likeness (QED) is 0.290. The summed E-state index contributed by atoms with van der Waals surface area (Å²) in [6, 6.07) is 10.2. The van der Waals surface area contributed by atoms with E-state index in [1.54, 1.807) is 18.2 Å². The monoisotopic (exact) mass is 465 g/mol. The molecule has 1 saturated heterocycles. The number of aromatic nitrogens is 2. The fourth-order valence-electron chi connectivity index (χ4n) is 3.37. The molecule has 1 aliphatic heterocycles. The first-order chi connectivity index (χ1) is 14.8. The molecule has 1 atom stereocenters. The molecule has 1 fully saturated rings. The first kappa shape index (κ1) is 20.2. The number of hydrogen-bond donors (Lipinski definition) is 1. The minimum Gasteiger partial charge on any atom is -0.429 e. The summed E-state index contributed by atoms with van der Waals surface area (Å²) in [6.45, 7) is -0.170. The summed E-state index contributed by atoms with van der Waals surface area (Å²) in [6.07, 6.45) is 1.15. The maximum Gasteiger partial charge on any atom is 0.312 e. The lowest BCUT2D eigenvalue weighted by Crippen LogP contribution is -2.36. The second kappa shape index (κ2) is 7.15. The highest BCUT2D eigenvalue weighted by Gasteiger charge is 2.65. The van der Waals surface area contributed by atoms with Crippen molar-refractivity contribution >= 4 is 33.2 Å². The van der Waals surface area contributed by atoms with Gasteiger partial charge >= 0.3 is 5.92 Å². The van der Waals surface area contributed by atoms with Gasteiger partial charge in [0.25, 0.3) is 5.19 Å². The maximum absolute atomic E-state index is 15.2. The Hall–Kier alpha value is -2.75. The van der Waals surface area contributed by atoms with Crippen LogP contribution in [-0.2, 0) is 11.5 Å². The molecule has 0 amide bonds. The van der Waals surface area contributed by atoms with Crippen LogP contribution in [0.2, 0.25) is 5.02 Å². The number of ether oxygens (including phenoxy) is 1. The molecule has 158 valence electrons. The number of alkyl halides is 2. The molecule has 10 heteroatoms. The van der Waals surface area contributed by atoms with Gasteiger partial charge in [0.05, 0.1) is 16.4 Å². The third-order valence-corrected chi connectivity index (χ3v) is 6.20. The van der Waals surface area contributed by atoms with Crippen molar-refractivity contribution in [1.82, 2.24) is 15.3 Å². The molecule has 1 aliphatic rings. The zero-order valence-corrected chi connectivity index (χ0v) is 17.1. The normalized spacial score (nSPS) is 18.4. The van der Waals surface area contributed by atoms with E-state index in [1.807, 2.05) is 0 Å². The molecule has 5 rings (SSSR count). The van der Waals surface area contributed by atoms with Crippen LogP contribution in [0.5, 0.6) is 10.9 Å². The zero-order chi connectivity index (χ0) is 21.8. The van der Waals surface area contributed by atoms with Gasteiger partial charge in [-0.3, -0.25) is 10.3 Å². The van der Waals surface area contributed by atoms with Gasteiger partial charge in [-0.1, -0.05) is 29.0 Å². The second-order valence-corrected chi connectivity index (χ2v) is 8.46. The maximum atomic E-state index is 15.2. The number of hydrogen-bond acceptors (Lipinski definition) is 5. The van der Waals surface area contributed by atoms with E-state index < -0.39 is 28.8 Å². The molecule has 31 heavy (non-hydrogen) atoms. The van der Waals surface area contributed by atoms with E-state index in [1.165, 1.54) is 17.4 Å². The Morgan fingerprint density at radius 1 is 1.10 bits per heavy atom. The summed E-state index contributed by atoms with van der Waals surface area (Å²) in [5.74, 6) is -5.20. The predicted octanol–water partition coefficient (Wildman–Crippen LogP) is 6.01. The predicted molar refractivity (Wildman–Crippen MR) is 109 cm³/mol. The molecule has 4 aromatic rings. The molecule has 0 radical (unpaired) electrons. The molecule has 0 spiro atoms. The van der Waals surface area contributed by atoms with E-state index in [0.29, 0.717) is 21.8 Å². The number of nitrogens with zero attached hydrogens (tertiary/aromatic N) is 2. The molecule has 2 aromatic heterocycles. The molecule has 1 unspecified atom stereocenters. The van der Waals surface area contributed by atoms with Crippen LogP contribution in [0.3, 0.4) is 0 Å². The van der Waals surface area contributed by atoms with Crippen LogP contribution in [0.25, 0.3) is 10.2 Å². The molecule has 0 bridgehead atoms. The van der Waals surface area contributed by atoms with E-state index in [2.05, 4.69) is 15.3 Å². The van der Waals surface area contributed by atoms with E-state index in [-0.39, 0.29) is 17.9 Å². The molecule has 3 heterocycles. The number of nitrogens with one attached hydrogen (secondary N) is 1. The van der Waals surface area contributed by atoms with Gasteiger partial charge in [0.15, 0.2) is 0 Å². The Morgan fingerprint density at radius 3 is 2.58 bits per heavy atom. The van der Waals surface area contributed by atoms with E-state index in [0.717, 1.165) is 29.1 Å². The number of rotatable bonds is 5. The summed E-state index contributed by atoms with van der Waals surface area (Å²) in [4.78, 5) is 8.14. The standard InChI is InChI=1S/C21H12ClF4N3OS/c22-11-1-5-17-16(7-11)29-19(31-17)30-13-3-6-18(27-9-13)21(25,26)20(10-28-20)14-4-2-12(23)8-15(14)24/h1-9,28H,10H2. The van der Waals surface area contributed by atoms with Crippen LogP contribution in [0.4, 0.5) is 17.6 Å². The average molecular weight is 466 g/mol. The Kier molecular flexibility index (Phi) is 4.65. The molecular formula is C21H12ClF4N3OS. The number of pyridine rings is 1. The van der Waals surface area contributed by atoms with Crippen LogP contribution in [-0.4, -0.2) is 16.5 Å². The Labute approximate surface area is 182 Å². The molecule has 0 aliphatic carbocycles. The van der Waals surface area contributed by atoms with Crippen molar-refractivity contribution in [3.05, 3.63) is 82.6 Å². The molecule has 0 saturated carbocycles. The summed E-state index contributed by atoms with van der Waals surface area (Å²) < 4.78 is 64.4. The SMILES string of the molecule is Fc1ccc(C2(C(F)(F)c3ccc(Oc4nc5cc(Cl)ccc5s4)cn3)CN2)c(F)c1. The first-order valence-electron chi connectivity index (χ1n) is 9.07. The van der Waals surface area contributed by atoms with Gasteiger partial charge in [-0.2, -0.15) is 8.78 Å². The Balaban J connectivity index is 1.40. The number of benzene rings is 2. The fourth-order valence-corrected chi connectivity index (χ4v) is 4.36. The molecule has 1 N–H and O–H groups in total. The summed E-state index contributed by atoms with van der Waals surface area (Å²) in [5.41, 5.74) is -2.20. The van der Waals surface area contributed by atoms with Crippen molar-refractivity contribution in [2.75, 3.05) is 6.54 Å². The van der Waals surface area contributed by atoms with Crippen LogP contribution in [0.1, 0.15) is 11.3 Å². The third kappa shape index (κ3) is 3.42. The zero-order valence-electron chi connectivity index (χ0n) is 15.5. The van der Waals surface area contributed by atoms with Gasteiger partial charge < -0.3 is 4.74 Å². The molecule has 2 aromatic carbocycles. The fraction of sp³-hybridized carbons (Fsp3) is 0.143.